The standard InChI is InChI=1S/C32H37N7O2/c1-23-29(35-39(36(23)2)28-8-4-3-5-9-28)22-41-30-20-26(21-34-31(30)33)24-10-12-25(13-11-24)32(40)38-18-14-27(15-19-38)37-16-6-7-17-37/h3-5,8-13,20-21,27H,6-7,14-19,22H2,1-2H3,(H-,33,34,40)/p+1. The molecule has 0 spiro atoms. The second-order valence-electron chi connectivity index (χ2n) is 11.0. The maximum atomic E-state index is 13.2. The first-order chi connectivity index (χ1) is 20.0. The van der Waals surface area contributed by atoms with Crippen LogP contribution < -0.4 is 15.2 Å². The number of nitrogens with zero attached hydrogens (tertiary/aromatic N) is 6. The zero-order chi connectivity index (χ0) is 28.3. The molecule has 212 valence electrons. The fourth-order valence-corrected chi connectivity index (χ4v) is 5.91. The molecule has 2 aliphatic rings. The molecule has 0 aliphatic carbocycles. The third kappa shape index (κ3) is 5.67. The van der Waals surface area contributed by atoms with Crippen LogP contribution >= 0.6 is 0 Å². The number of rotatable bonds is 7. The predicted molar refractivity (Wildman–Crippen MR) is 158 cm³/mol. The summed E-state index contributed by atoms with van der Waals surface area (Å²) in [6, 6.07) is 20.2. The van der Waals surface area contributed by atoms with Crippen LogP contribution in [0.15, 0.2) is 66.9 Å². The Bertz CT molecular complexity index is 1500. The lowest BCUT2D eigenvalue weighted by atomic mass is 10.0. The van der Waals surface area contributed by atoms with Gasteiger partial charge in [-0.3, -0.25) is 4.79 Å². The summed E-state index contributed by atoms with van der Waals surface area (Å²) in [5.41, 5.74) is 11.5. The summed E-state index contributed by atoms with van der Waals surface area (Å²) in [6.45, 7) is 6.35. The number of carbonyl (C=O) groups excluding carboxylic acids is 1. The van der Waals surface area contributed by atoms with Crippen molar-refractivity contribution in [1.82, 2.24) is 24.7 Å². The number of hydrogen-bond acceptors (Lipinski definition) is 6. The minimum atomic E-state index is 0.106. The van der Waals surface area contributed by atoms with Crippen LogP contribution in [0.1, 0.15) is 47.4 Å². The van der Waals surface area contributed by atoms with Crippen molar-refractivity contribution in [2.24, 2.45) is 7.05 Å². The molecule has 2 saturated heterocycles. The number of amides is 1. The van der Waals surface area contributed by atoms with Crippen LogP contribution in [-0.2, 0) is 13.7 Å². The lowest BCUT2D eigenvalue weighted by molar-refractivity contribution is -0.753. The SMILES string of the molecule is Cc1c(COc2cc(-c3ccc(C(=O)N4CCC(N5CCCC5)CC4)cc3)cnc2N)nn(-c2ccccc2)[n+]1C. The van der Waals surface area contributed by atoms with Gasteiger partial charge in [-0.25, -0.2) is 4.98 Å². The van der Waals surface area contributed by atoms with Crippen LogP contribution in [0, 0.1) is 6.92 Å². The lowest BCUT2D eigenvalue weighted by Gasteiger charge is -2.36. The minimum Gasteiger partial charge on any atom is -0.481 e. The number of carbonyl (C=O) groups is 1. The Hall–Kier alpha value is -4.24. The van der Waals surface area contributed by atoms with E-state index >= 15 is 0 Å². The zero-order valence-electron chi connectivity index (χ0n) is 23.9. The van der Waals surface area contributed by atoms with E-state index in [1.165, 1.54) is 25.9 Å². The number of benzene rings is 2. The summed E-state index contributed by atoms with van der Waals surface area (Å²) < 4.78 is 8.11. The molecule has 1 amide bonds. The molecule has 9 nitrogen and oxygen atoms in total. The number of anilines is 1. The van der Waals surface area contributed by atoms with E-state index in [2.05, 4.69) is 9.88 Å². The quantitative estimate of drug-likeness (QED) is 0.349. The highest BCUT2D eigenvalue weighted by Crippen LogP contribution is 2.29. The van der Waals surface area contributed by atoms with E-state index in [-0.39, 0.29) is 12.5 Å². The minimum absolute atomic E-state index is 0.106. The molecule has 0 atom stereocenters. The Morgan fingerprint density at radius 2 is 1.71 bits per heavy atom. The molecule has 9 heteroatoms. The van der Waals surface area contributed by atoms with Gasteiger partial charge in [-0.05, 0) is 79.5 Å². The summed E-state index contributed by atoms with van der Waals surface area (Å²) in [4.78, 5) is 24.0. The molecule has 41 heavy (non-hydrogen) atoms. The molecule has 4 aromatic rings. The van der Waals surface area contributed by atoms with E-state index in [1.807, 2.05) is 89.0 Å². The number of pyridine rings is 1. The molecule has 0 unspecified atom stereocenters. The van der Waals surface area contributed by atoms with Crippen molar-refractivity contribution < 1.29 is 14.2 Å². The number of para-hydroxylation sites is 1. The summed E-state index contributed by atoms with van der Waals surface area (Å²) in [5.74, 6) is 0.927. The summed E-state index contributed by atoms with van der Waals surface area (Å²) in [5, 5.41) is 4.75. The van der Waals surface area contributed by atoms with Crippen molar-refractivity contribution in [2.75, 3.05) is 31.9 Å². The van der Waals surface area contributed by atoms with Gasteiger partial charge in [0.2, 0.25) is 0 Å². The molecule has 0 radical (unpaired) electrons. The van der Waals surface area contributed by atoms with Gasteiger partial charge in [0.1, 0.15) is 12.7 Å². The normalized spacial score (nSPS) is 16.3. The molecular formula is C32H38N7O2+. The molecule has 2 fully saturated rings. The number of ether oxygens (including phenoxy) is 1. The van der Waals surface area contributed by atoms with E-state index in [0.717, 1.165) is 54.1 Å². The van der Waals surface area contributed by atoms with Crippen LogP contribution in [-0.4, -0.2) is 62.8 Å². The van der Waals surface area contributed by atoms with Gasteiger partial charge in [-0.2, -0.15) is 4.68 Å². The molecule has 2 aliphatic heterocycles. The Kier molecular flexibility index (Phi) is 7.69. The van der Waals surface area contributed by atoms with E-state index in [4.69, 9.17) is 15.6 Å². The topological polar surface area (TPSA) is 93.4 Å². The van der Waals surface area contributed by atoms with Crippen molar-refractivity contribution in [2.45, 2.75) is 45.3 Å². The average Bonchev–Trinajstić information content (AvgIpc) is 3.66. The van der Waals surface area contributed by atoms with Crippen LogP contribution in [0.5, 0.6) is 5.75 Å². The molecular weight excluding hydrogens is 514 g/mol. The van der Waals surface area contributed by atoms with Gasteiger partial charge in [0.25, 0.3) is 11.6 Å². The highest BCUT2D eigenvalue weighted by molar-refractivity contribution is 5.94. The van der Waals surface area contributed by atoms with Crippen molar-refractivity contribution in [3.8, 4) is 22.6 Å². The van der Waals surface area contributed by atoms with E-state index < -0.39 is 0 Å². The first kappa shape index (κ1) is 27.0. The van der Waals surface area contributed by atoms with E-state index in [1.54, 1.807) is 6.20 Å². The van der Waals surface area contributed by atoms with Crippen LogP contribution in [0.2, 0.25) is 0 Å². The van der Waals surface area contributed by atoms with Gasteiger partial charge in [-0.1, -0.05) is 30.3 Å². The zero-order valence-corrected chi connectivity index (χ0v) is 23.9. The van der Waals surface area contributed by atoms with E-state index in [0.29, 0.717) is 23.2 Å². The first-order valence-electron chi connectivity index (χ1n) is 14.5. The van der Waals surface area contributed by atoms with Gasteiger partial charge >= 0.3 is 0 Å². The Morgan fingerprint density at radius 1 is 1.00 bits per heavy atom. The monoisotopic (exact) mass is 552 g/mol. The number of aromatic nitrogens is 4. The second-order valence-corrected chi connectivity index (χ2v) is 11.0. The molecule has 0 saturated carbocycles. The summed E-state index contributed by atoms with van der Waals surface area (Å²) in [7, 11) is 1.97. The van der Waals surface area contributed by atoms with Gasteiger partial charge in [-0.15, -0.1) is 0 Å². The van der Waals surface area contributed by atoms with Gasteiger partial charge < -0.3 is 20.3 Å². The fraction of sp³-hybridized carbons (Fsp3) is 0.375. The number of piperidine rings is 1. The number of hydrogen-bond donors (Lipinski definition) is 1. The number of nitrogen functional groups attached to an aromatic ring is 1. The van der Waals surface area contributed by atoms with E-state index in [9.17, 15) is 4.79 Å². The van der Waals surface area contributed by atoms with Crippen molar-refractivity contribution in [3.63, 3.8) is 0 Å². The average molecular weight is 553 g/mol. The molecule has 2 aromatic carbocycles. The predicted octanol–water partition coefficient (Wildman–Crippen LogP) is 3.93. The maximum absolute atomic E-state index is 13.2. The first-order valence-corrected chi connectivity index (χ1v) is 14.5. The number of nitrogens with two attached hydrogens (primary N) is 1. The van der Waals surface area contributed by atoms with Crippen molar-refractivity contribution >= 4 is 11.7 Å². The van der Waals surface area contributed by atoms with Crippen LogP contribution in [0.3, 0.4) is 0 Å². The van der Waals surface area contributed by atoms with Gasteiger partial charge in [0.15, 0.2) is 23.9 Å². The Balaban J connectivity index is 1.11. The fourth-order valence-electron chi connectivity index (χ4n) is 5.91. The third-order valence-corrected chi connectivity index (χ3v) is 8.51. The summed E-state index contributed by atoms with van der Waals surface area (Å²) >= 11 is 0. The van der Waals surface area contributed by atoms with Crippen LogP contribution in [0.25, 0.3) is 16.8 Å². The van der Waals surface area contributed by atoms with Gasteiger partial charge in [0.05, 0.1) is 5.10 Å². The molecule has 4 heterocycles. The third-order valence-electron chi connectivity index (χ3n) is 8.51. The molecule has 0 bridgehead atoms. The van der Waals surface area contributed by atoms with Crippen molar-refractivity contribution in [1.29, 1.82) is 0 Å². The smallest absolute Gasteiger partial charge is 0.259 e. The molecule has 6 rings (SSSR count). The highest BCUT2D eigenvalue weighted by Gasteiger charge is 2.28. The highest BCUT2D eigenvalue weighted by atomic mass is 16.5. The lowest BCUT2D eigenvalue weighted by Crippen LogP contribution is -2.45. The Labute approximate surface area is 241 Å². The molecule has 2 N–H and O–H groups in total. The molecule has 2 aromatic heterocycles. The van der Waals surface area contributed by atoms with Gasteiger partial charge in [0, 0.05) is 43.4 Å². The van der Waals surface area contributed by atoms with Crippen molar-refractivity contribution in [3.05, 3.63) is 83.8 Å². The maximum Gasteiger partial charge on any atom is 0.259 e. The number of likely N-dealkylation sites (tertiary alicyclic amines) is 2. The van der Waals surface area contributed by atoms with Crippen LogP contribution in [0.4, 0.5) is 5.82 Å². The Morgan fingerprint density at radius 3 is 2.41 bits per heavy atom. The second kappa shape index (κ2) is 11.7. The largest absolute Gasteiger partial charge is 0.481 e. The summed E-state index contributed by atoms with van der Waals surface area (Å²) in [6.07, 6.45) is 6.47.